The predicted octanol–water partition coefficient (Wildman–Crippen LogP) is 2.71. The van der Waals surface area contributed by atoms with Gasteiger partial charge in [-0.15, -0.1) is 24.0 Å². The minimum atomic E-state index is 0. The molecule has 0 radical (unpaired) electrons. The monoisotopic (exact) mass is 432 g/mol. The van der Waals surface area contributed by atoms with Crippen molar-refractivity contribution in [2.75, 3.05) is 32.8 Å². The van der Waals surface area contributed by atoms with E-state index in [9.17, 15) is 0 Å². The van der Waals surface area contributed by atoms with Gasteiger partial charge in [0.1, 0.15) is 0 Å². The zero-order valence-corrected chi connectivity index (χ0v) is 16.5. The number of aliphatic imine (C=N–C) groups is 1. The second-order valence-electron chi connectivity index (χ2n) is 5.49. The first-order valence-electron chi connectivity index (χ1n) is 8.37. The van der Waals surface area contributed by atoms with Crippen LogP contribution < -0.4 is 5.32 Å². The first-order valence-corrected chi connectivity index (χ1v) is 8.37. The number of halogens is 1. The summed E-state index contributed by atoms with van der Waals surface area (Å²) in [6.07, 6.45) is 7.23. The summed E-state index contributed by atoms with van der Waals surface area (Å²) in [7, 11) is 0. The van der Waals surface area contributed by atoms with Gasteiger partial charge >= 0.3 is 0 Å². The summed E-state index contributed by atoms with van der Waals surface area (Å²) < 4.78 is 5.72. The molecule has 1 aliphatic heterocycles. The maximum atomic E-state index is 5.72. The van der Waals surface area contributed by atoms with E-state index in [0.29, 0.717) is 6.10 Å². The number of guanidine groups is 1. The number of aromatic nitrogens is 1. The fraction of sp³-hybridized carbons (Fsp3) is 0.647. The normalized spacial score (nSPS) is 16.1. The van der Waals surface area contributed by atoms with Crippen LogP contribution in [-0.4, -0.2) is 54.7 Å². The van der Waals surface area contributed by atoms with E-state index in [1.807, 2.05) is 12.3 Å². The van der Waals surface area contributed by atoms with Gasteiger partial charge in [-0.25, -0.2) is 0 Å². The molecule has 0 atom stereocenters. The summed E-state index contributed by atoms with van der Waals surface area (Å²) >= 11 is 0. The molecule has 0 unspecified atom stereocenters. The molecule has 0 amide bonds. The van der Waals surface area contributed by atoms with Gasteiger partial charge < -0.3 is 15.0 Å². The van der Waals surface area contributed by atoms with E-state index < -0.39 is 0 Å². The van der Waals surface area contributed by atoms with Gasteiger partial charge in [-0.05, 0) is 44.7 Å². The van der Waals surface area contributed by atoms with Crippen LogP contribution in [0.15, 0.2) is 29.5 Å². The Balaban J connectivity index is 0.00000264. The molecule has 1 N–H and O–H groups in total. The molecular weight excluding hydrogens is 403 g/mol. The number of rotatable bonds is 6. The summed E-state index contributed by atoms with van der Waals surface area (Å²) in [4.78, 5) is 11.3. The number of hydrogen-bond acceptors (Lipinski definition) is 3. The molecular formula is C17H29IN4O. The molecule has 1 aromatic heterocycles. The number of ether oxygens (including phenoxy) is 1. The van der Waals surface area contributed by atoms with Crippen molar-refractivity contribution < 1.29 is 4.74 Å². The van der Waals surface area contributed by atoms with Crippen molar-refractivity contribution in [1.29, 1.82) is 0 Å². The number of piperidine rings is 1. The average molecular weight is 432 g/mol. The fourth-order valence-electron chi connectivity index (χ4n) is 2.73. The van der Waals surface area contributed by atoms with Crippen molar-refractivity contribution in [3.05, 3.63) is 30.1 Å². The second kappa shape index (κ2) is 11.6. The molecule has 2 heterocycles. The summed E-state index contributed by atoms with van der Waals surface area (Å²) in [6.45, 7) is 8.72. The predicted molar refractivity (Wildman–Crippen MR) is 106 cm³/mol. The van der Waals surface area contributed by atoms with E-state index in [1.165, 1.54) is 5.56 Å². The Kier molecular flexibility index (Phi) is 10.2. The molecule has 2 rings (SSSR count). The number of hydrogen-bond donors (Lipinski definition) is 1. The largest absolute Gasteiger partial charge is 0.378 e. The molecule has 0 aliphatic carbocycles. The van der Waals surface area contributed by atoms with Crippen LogP contribution in [-0.2, 0) is 11.2 Å². The topological polar surface area (TPSA) is 49.8 Å². The van der Waals surface area contributed by atoms with Crippen LogP contribution in [0.2, 0.25) is 0 Å². The first kappa shape index (κ1) is 20.2. The third-order valence-electron chi connectivity index (χ3n) is 3.86. The number of likely N-dealkylation sites (tertiary alicyclic amines) is 1. The van der Waals surface area contributed by atoms with Gasteiger partial charge in [-0.1, -0.05) is 6.07 Å². The molecule has 1 aliphatic rings. The highest BCUT2D eigenvalue weighted by molar-refractivity contribution is 14.0. The van der Waals surface area contributed by atoms with Crippen molar-refractivity contribution in [2.24, 2.45) is 4.99 Å². The van der Waals surface area contributed by atoms with Crippen molar-refractivity contribution in [1.82, 2.24) is 15.2 Å². The number of nitrogens with one attached hydrogen (secondary N) is 1. The third-order valence-corrected chi connectivity index (χ3v) is 3.86. The van der Waals surface area contributed by atoms with E-state index in [4.69, 9.17) is 9.73 Å². The highest BCUT2D eigenvalue weighted by Crippen LogP contribution is 2.13. The zero-order valence-electron chi connectivity index (χ0n) is 14.2. The smallest absolute Gasteiger partial charge is 0.193 e. The SMILES string of the molecule is CCNC(=NCCc1cccnc1)N1CCC(OCC)CC1.I. The molecule has 1 aromatic rings. The lowest BCUT2D eigenvalue weighted by Crippen LogP contribution is -2.47. The van der Waals surface area contributed by atoms with Gasteiger partial charge in [0.15, 0.2) is 5.96 Å². The van der Waals surface area contributed by atoms with Crippen LogP contribution in [0, 0.1) is 0 Å². The molecule has 0 saturated carbocycles. The third kappa shape index (κ3) is 7.03. The minimum absolute atomic E-state index is 0. The number of pyridine rings is 1. The van der Waals surface area contributed by atoms with Crippen LogP contribution in [0.5, 0.6) is 0 Å². The summed E-state index contributed by atoms with van der Waals surface area (Å²) in [5.74, 6) is 1.03. The van der Waals surface area contributed by atoms with Crippen molar-refractivity contribution in [3.63, 3.8) is 0 Å². The van der Waals surface area contributed by atoms with Crippen LogP contribution in [0.1, 0.15) is 32.3 Å². The van der Waals surface area contributed by atoms with Crippen LogP contribution >= 0.6 is 24.0 Å². The van der Waals surface area contributed by atoms with Crippen molar-refractivity contribution in [3.8, 4) is 0 Å². The van der Waals surface area contributed by atoms with E-state index in [1.54, 1.807) is 6.20 Å². The zero-order chi connectivity index (χ0) is 15.6. The van der Waals surface area contributed by atoms with Crippen LogP contribution in [0.25, 0.3) is 0 Å². The van der Waals surface area contributed by atoms with E-state index in [0.717, 1.165) is 58.0 Å². The van der Waals surface area contributed by atoms with Gasteiger partial charge in [-0.2, -0.15) is 0 Å². The lowest BCUT2D eigenvalue weighted by molar-refractivity contribution is 0.0264. The lowest BCUT2D eigenvalue weighted by Gasteiger charge is -2.34. The fourth-order valence-corrected chi connectivity index (χ4v) is 2.73. The first-order chi connectivity index (χ1) is 10.8. The van der Waals surface area contributed by atoms with Crippen molar-refractivity contribution >= 4 is 29.9 Å². The Hall–Kier alpha value is -0.890. The summed E-state index contributed by atoms with van der Waals surface area (Å²) in [6, 6.07) is 4.08. The van der Waals surface area contributed by atoms with Crippen molar-refractivity contribution in [2.45, 2.75) is 39.2 Å². The Bertz CT molecular complexity index is 447. The Morgan fingerprint density at radius 2 is 2.17 bits per heavy atom. The van der Waals surface area contributed by atoms with E-state index >= 15 is 0 Å². The molecule has 23 heavy (non-hydrogen) atoms. The Labute approximate surface area is 156 Å². The molecule has 1 saturated heterocycles. The molecule has 5 nitrogen and oxygen atoms in total. The standard InChI is InChI=1S/C17H28N4O.HI/c1-3-19-17(20-11-7-15-6-5-10-18-14-15)21-12-8-16(9-13-21)22-4-2;/h5-6,10,14,16H,3-4,7-9,11-13H2,1-2H3,(H,19,20);1H. The highest BCUT2D eigenvalue weighted by Gasteiger charge is 2.21. The van der Waals surface area contributed by atoms with Gasteiger partial charge in [0.25, 0.3) is 0 Å². The molecule has 130 valence electrons. The Morgan fingerprint density at radius 3 is 2.78 bits per heavy atom. The minimum Gasteiger partial charge on any atom is -0.378 e. The quantitative estimate of drug-likeness (QED) is 0.427. The second-order valence-corrected chi connectivity index (χ2v) is 5.49. The van der Waals surface area contributed by atoms with Crippen LogP contribution in [0.4, 0.5) is 0 Å². The van der Waals surface area contributed by atoms with Gasteiger partial charge in [-0.3, -0.25) is 9.98 Å². The molecule has 0 bridgehead atoms. The maximum absolute atomic E-state index is 5.72. The number of nitrogens with zero attached hydrogens (tertiary/aromatic N) is 3. The van der Waals surface area contributed by atoms with E-state index in [2.05, 4.69) is 35.1 Å². The van der Waals surface area contributed by atoms with E-state index in [-0.39, 0.29) is 24.0 Å². The summed E-state index contributed by atoms with van der Waals surface area (Å²) in [5.41, 5.74) is 1.23. The molecule has 0 aromatic carbocycles. The highest BCUT2D eigenvalue weighted by atomic mass is 127. The molecule has 6 heteroatoms. The Morgan fingerprint density at radius 1 is 1.39 bits per heavy atom. The molecule has 1 fully saturated rings. The maximum Gasteiger partial charge on any atom is 0.193 e. The average Bonchev–Trinajstić information content (AvgIpc) is 2.56. The summed E-state index contributed by atoms with van der Waals surface area (Å²) in [5, 5.41) is 3.40. The van der Waals surface area contributed by atoms with Gasteiger partial charge in [0.05, 0.1) is 6.10 Å². The lowest BCUT2D eigenvalue weighted by atomic mass is 10.1. The van der Waals surface area contributed by atoms with Crippen LogP contribution in [0.3, 0.4) is 0 Å². The van der Waals surface area contributed by atoms with Gasteiger partial charge in [0, 0.05) is 45.2 Å². The van der Waals surface area contributed by atoms with Gasteiger partial charge in [0.2, 0.25) is 0 Å². The molecule has 0 spiro atoms.